The van der Waals surface area contributed by atoms with Crippen LogP contribution in [0.2, 0.25) is 0 Å². The second-order valence-corrected chi connectivity index (χ2v) is 5.14. The maximum atomic E-state index is 11.6. The summed E-state index contributed by atoms with van der Waals surface area (Å²) in [7, 11) is 0. The van der Waals surface area contributed by atoms with E-state index in [1.165, 1.54) is 18.1 Å². The number of pyridine rings is 1. The van der Waals surface area contributed by atoms with Gasteiger partial charge < -0.3 is 5.32 Å². The molecule has 19 heavy (non-hydrogen) atoms. The molecular formula is C12H15N5OS. The van der Waals surface area contributed by atoms with Crippen molar-refractivity contribution >= 4 is 17.7 Å². The molecule has 0 aliphatic rings. The fourth-order valence-corrected chi connectivity index (χ4v) is 1.72. The summed E-state index contributed by atoms with van der Waals surface area (Å²) in [6, 6.07) is 3.75. The molecule has 0 spiro atoms. The van der Waals surface area contributed by atoms with Gasteiger partial charge in [0, 0.05) is 12.7 Å². The van der Waals surface area contributed by atoms with E-state index in [0.717, 1.165) is 5.56 Å². The smallest absolute Gasteiger partial charge is 0.233 e. The summed E-state index contributed by atoms with van der Waals surface area (Å²) in [6.45, 7) is 2.36. The van der Waals surface area contributed by atoms with Crippen molar-refractivity contribution in [3.05, 3.63) is 36.5 Å². The Hall–Kier alpha value is -1.89. The molecule has 0 bridgehead atoms. The van der Waals surface area contributed by atoms with Gasteiger partial charge in [0.2, 0.25) is 5.91 Å². The van der Waals surface area contributed by atoms with Crippen LogP contribution in [0.3, 0.4) is 0 Å². The highest BCUT2D eigenvalue weighted by Crippen LogP contribution is 2.06. The Morgan fingerprint density at radius 1 is 1.53 bits per heavy atom. The molecule has 100 valence electrons. The van der Waals surface area contributed by atoms with Crippen molar-refractivity contribution in [1.29, 1.82) is 0 Å². The van der Waals surface area contributed by atoms with Gasteiger partial charge in [0.05, 0.1) is 5.25 Å². The van der Waals surface area contributed by atoms with E-state index in [4.69, 9.17) is 0 Å². The van der Waals surface area contributed by atoms with Crippen molar-refractivity contribution in [2.45, 2.75) is 18.7 Å². The average molecular weight is 277 g/mol. The number of amides is 1. The van der Waals surface area contributed by atoms with Crippen LogP contribution in [0.1, 0.15) is 12.5 Å². The van der Waals surface area contributed by atoms with E-state index in [1.54, 1.807) is 17.2 Å². The monoisotopic (exact) mass is 277 g/mol. The summed E-state index contributed by atoms with van der Waals surface area (Å²) in [6.07, 6.45) is 6.68. The zero-order valence-electron chi connectivity index (χ0n) is 10.8. The lowest BCUT2D eigenvalue weighted by Gasteiger charge is -2.09. The molecule has 0 aromatic carbocycles. The van der Waals surface area contributed by atoms with Crippen molar-refractivity contribution in [2.24, 2.45) is 0 Å². The van der Waals surface area contributed by atoms with Crippen LogP contribution < -0.4 is 5.32 Å². The lowest BCUT2D eigenvalue weighted by atomic mass is 10.2. The third kappa shape index (κ3) is 3.54. The minimum absolute atomic E-state index is 0.0350. The summed E-state index contributed by atoms with van der Waals surface area (Å²) < 4.78 is 1.58. The first kappa shape index (κ1) is 13.5. The van der Waals surface area contributed by atoms with E-state index in [2.05, 4.69) is 20.4 Å². The van der Waals surface area contributed by atoms with Crippen LogP contribution in [0, 0.1) is 0 Å². The summed E-state index contributed by atoms with van der Waals surface area (Å²) in [5, 5.41) is 6.83. The summed E-state index contributed by atoms with van der Waals surface area (Å²) >= 11 is 1.52. The van der Waals surface area contributed by atoms with Crippen molar-refractivity contribution in [3.8, 4) is 5.82 Å². The number of carbonyl (C=O) groups is 1. The Kier molecular flexibility index (Phi) is 4.51. The molecule has 1 N–H and O–H groups in total. The number of thioether (sulfide) groups is 1. The minimum atomic E-state index is -0.0395. The van der Waals surface area contributed by atoms with Crippen molar-refractivity contribution in [1.82, 2.24) is 25.1 Å². The van der Waals surface area contributed by atoms with Gasteiger partial charge in [-0.1, -0.05) is 6.07 Å². The Labute approximate surface area is 115 Å². The van der Waals surface area contributed by atoms with Gasteiger partial charge in [-0.25, -0.2) is 14.6 Å². The number of rotatable bonds is 5. The number of nitrogens with one attached hydrogen (secondary N) is 1. The molecule has 1 atom stereocenters. The summed E-state index contributed by atoms with van der Waals surface area (Å²) in [5.74, 6) is 0.734. The van der Waals surface area contributed by atoms with Crippen LogP contribution in [-0.2, 0) is 11.3 Å². The number of carbonyl (C=O) groups excluding carboxylic acids is 1. The SMILES string of the molecule is CS[C@H](C)C(=O)NCc1ccc(-n2cncn2)nc1. The lowest BCUT2D eigenvalue weighted by molar-refractivity contribution is -0.120. The van der Waals surface area contributed by atoms with Crippen LogP contribution in [0.5, 0.6) is 0 Å². The maximum absolute atomic E-state index is 11.6. The van der Waals surface area contributed by atoms with Crippen molar-refractivity contribution in [3.63, 3.8) is 0 Å². The highest BCUT2D eigenvalue weighted by Gasteiger charge is 2.10. The molecule has 0 aliphatic carbocycles. The molecular weight excluding hydrogens is 262 g/mol. The minimum Gasteiger partial charge on any atom is -0.351 e. The van der Waals surface area contributed by atoms with E-state index >= 15 is 0 Å². The van der Waals surface area contributed by atoms with Crippen LogP contribution in [-0.4, -0.2) is 37.2 Å². The standard InChI is InChI=1S/C12H15N5OS/c1-9(19-2)12(18)15-6-10-3-4-11(14-5-10)17-8-13-7-16-17/h3-5,7-9H,6H2,1-2H3,(H,15,18)/t9-/m1/s1. The molecule has 1 amide bonds. The van der Waals surface area contributed by atoms with Crippen LogP contribution in [0.15, 0.2) is 31.0 Å². The zero-order valence-corrected chi connectivity index (χ0v) is 11.6. The van der Waals surface area contributed by atoms with Gasteiger partial charge in [0.1, 0.15) is 12.7 Å². The van der Waals surface area contributed by atoms with Crippen LogP contribution in [0.25, 0.3) is 5.82 Å². The predicted octanol–water partition coefficient (Wildman–Crippen LogP) is 1.03. The average Bonchev–Trinajstić information content (AvgIpc) is 2.98. The van der Waals surface area contributed by atoms with Crippen LogP contribution in [0.4, 0.5) is 0 Å². The van der Waals surface area contributed by atoms with Gasteiger partial charge in [0.25, 0.3) is 0 Å². The topological polar surface area (TPSA) is 72.7 Å². The first-order chi connectivity index (χ1) is 9.20. The van der Waals surface area contributed by atoms with Gasteiger partial charge in [0.15, 0.2) is 5.82 Å². The van der Waals surface area contributed by atoms with Crippen molar-refractivity contribution < 1.29 is 4.79 Å². The van der Waals surface area contributed by atoms with Crippen molar-refractivity contribution in [2.75, 3.05) is 6.26 Å². The first-order valence-corrected chi connectivity index (χ1v) is 7.10. The van der Waals surface area contributed by atoms with E-state index in [9.17, 15) is 4.79 Å². The lowest BCUT2D eigenvalue weighted by Crippen LogP contribution is -2.30. The highest BCUT2D eigenvalue weighted by molar-refractivity contribution is 7.99. The van der Waals surface area contributed by atoms with Gasteiger partial charge in [-0.05, 0) is 24.8 Å². The fourth-order valence-electron chi connectivity index (χ4n) is 1.42. The highest BCUT2D eigenvalue weighted by atomic mass is 32.2. The molecule has 7 heteroatoms. The summed E-state index contributed by atoms with van der Waals surface area (Å²) in [4.78, 5) is 19.8. The Balaban J connectivity index is 1.94. The Morgan fingerprint density at radius 2 is 2.37 bits per heavy atom. The molecule has 0 saturated carbocycles. The molecule has 2 heterocycles. The third-order valence-corrected chi connectivity index (χ3v) is 3.57. The second kappa shape index (κ2) is 6.33. The first-order valence-electron chi connectivity index (χ1n) is 5.81. The molecule has 2 rings (SSSR count). The normalized spacial score (nSPS) is 12.1. The molecule has 2 aromatic heterocycles. The summed E-state index contributed by atoms with van der Waals surface area (Å²) in [5.41, 5.74) is 0.950. The van der Waals surface area contributed by atoms with E-state index in [1.807, 2.05) is 25.3 Å². The van der Waals surface area contributed by atoms with Crippen LogP contribution >= 0.6 is 11.8 Å². The number of aromatic nitrogens is 4. The molecule has 0 fully saturated rings. The van der Waals surface area contributed by atoms with Gasteiger partial charge >= 0.3 is 0 Å². The Bertz CT molecular complexity index is 526. The predicted molar refractivity (Wildman–Crippen MR) is 74.0 cm³/mol. The van der Waals surface area contributed by atoms with E-state index in [-0.39, 0.29) is 11.2 Å². The van der Waals surface area contributed by atoms with E-state index < -0.39 is 0 Å². The molecule has 6 nitrogen and oxygen atoms in total. The van der Waals surface area contributed by atoms with Gasteiger partial charge in [-0.15, -0.1) is 0 Å². The van der Waals surface area contributed by atoms with E-state index in [0.29, 0.717) is 12.4 Å². The largest absolute Gasteiger partial charge is 0.351 e. The molecule has 2 aromatic rings. The maximum Gasteiger partial charge on any atom is 0.233 e. The molecule has 0 unspecified atom stereocenters. The van der Waals surface area contributed by atoms with Gasteiger partial charge in [-0.3, -0.25) is 4.79 Å². The molecule has 0 aliphatic heterocycles. The quantitative estimate of drug-likeness (QED) is 0.883. The molecule has 0 radical (unpaired) electrons. The third-order valence-electron chi connectivity index (χ3n) is 2.65. The number of hydrogen-bond acceptors (Lipinski definition) is 5. The Morgan fingerprint density at radius 3 is 2.95 bits per heavy atom. The number of nitrogens with zero attached hydrogens (tertiary/aromatic N) is 4. The molecule has 0 saturated heterocycles. The fraction of sp³-hybridized carbons (Fsp3) is 0.333. The second-order valence-electron chi connectivity index (χ2n) is 3.96. The zero-order chi connectivity index (χ0) is 13.7. The van der Waals surface area contributed by atoms with Gasteiger partial charge in [-0.2, -0.15) is 16.9 Å². The number of hydrogen-bond donors (Lipinski definition) is 1.